The number of rotatable bonds is 4. The molecule has 5 nitrogen and oxygen atoms in total. The van der Waals surface area contributed by atoms with Gasteiger partial charge in [0.25, 0.3) is 0 Å². The first-order chi connectivity index (χ1) is 9.26. The molecule has 0 unspecified atom stereocenters. The first kappa shape index (κ1) is 18.3. The van der Waals surface area contributed by atoms with E-state index in [4.69, 9.17) is 11.6 Å². The monoisotopic (exact) mass is 412 g/mol. The maximum absolute atomic E-state index is 11.5. The molecular formula is C12H14BrClN2O3S2. The molecule has 0 spiro atoms. The van der Waals surface area contributed by atoms with E-state index in [-0.39, 0.29) is 23.4 Å². The van der Waals surface area contributed by atoms with E-state index in [1.54, 1.807) is 11.3 Å². The average molecular weight is 414 g/mol. The molecule has 0 radical (unpaired) electrons. The quantitative estimate of drug-likeness (QED) is 0.628. The Bertz CT molecular complexity index is 774. The van der Waals surface area contributed by atoms with Crippen LogP contribution in [0.15, 0.2) is 18.2 Å². The summed E-state index contributed by atoms with van der Waals surface area (Å²) in [6, 6.07) is 5.60. The van der Waals surface area contributed by atoms with Crippen molar-refractivity contribution in [2.24, 2.45) is 0 Å². The number of aromatic nitrogens is 1. The number of carbonyl (C=O) groups excluding carboxylic acids is 1. The molecule has 1 amide bonds. The van der Waals surface area contributed by atoms with Crippen molar-refractivity contribution in [2.75, 3.05) is 6.26 Å². The van der Waals surface area contributed by atoms with E-state index in [1.807, 2.05) is 34.4 Å². The van der Waals surface area contributed by atoms with Crippen molar-refractivity contribution in [3.05, 3.63) is 28.2 Å². The zero-order valence-corrected chi connectivity index (χ0v) is 15.4. The highest BCUT2D eigenvalue weighted by atomic mass is 79.9. The Kier molecular flexibility index (Phi) is 6.15. The van der Waals surface area contributed by atoms with E-state index in [2.05, 4.69) is 0 Å². The molecule has 0 atom stereocenters. The summed E-state index contributed by atoms with van der Waals surface area (Å²) in [4.78, 5) is 11.5. The Hall–Kier alpha value is -0.700. The van der Waals surface area contributed by atoms with E-state index in [0.29, 0.717) is 11.6 Å². The van der Waals surface area contributed by atoms with Crippen LogP contribution in [-0.4, -0.2) is 20.6 Å². The first-order valence-corrected chi connectivity index (χ1v) is 8.94. The summed E-state index contributed by atoms with van der Waals surface area (Å²) >= 11 is 7.59. The van der Waals surface area contributed by atoms with Gasteiger partial charge in [-0.25, -0.2) is 8.42 Å². The van der Waals surface area contributed by atoms with Crippen LogP contribution >= 0.6 is 22.9 Å². The van der Waals surface area contributed by atoms with Crippen LogP contribution in [0.2, 0.25) is 5.02 Å². The molecule has 1 N–H and O–H groups in total. The number of hydrogen-bond acceptors (Lipinski definition) is 4. The van der Waals surface area contributed by atoms with Crippen molar-refractivity contribution in [1.29, 1.82) is 0 Å². The topological polar surface area (TPSA) is 67.1 Å². The number of fused-ring (bicyclic) bond motifs is 1. The smallest absolute Gasteiger partial charge is 0.239 e. The number of amides is 1. The number of halogens is 2. The maximum Gasteiger partial charge on any atom is 0.239 e. The highest BCUT2D eigenvalue weighted by Gasteiger charge is 2.19. The lowest BCUT2D eigenvalue weighted by Gasteiger charge is -2.00. The second kappa shape index (κ2) is 7.04. The van der Waals surface area contributed by atoms with Gasteiger partial charge in [-0.2, -0.15) is 4.57 Å². The van der Waals surface area contributed by atoms with Crippen LogP contribution in [0.4, 0.5) is 0 Å². The molecular weight excluding hydrogens is 400 g/mol. The van der Waals surface area contributed by atoms with Gasteiger partial charge in [0.15, 0.2) is 6.54 Å². The van der Waals surface area contributed by atoms with Crippen molar-refractivity contribution in [3.8, 4) is 0 Å². The van der Waals surface area contributed by atoms with E-state index >= 15 is 0 Å². The maximum atomic E-state index is 11.5. The highest BCUT2D eigenvalue weighted by Crippen LogP contribution is 2.23. The Morgan fingerprint density at radius 2 is 2.10 bits per heavy atom. The fraction of sp³-hybridized carbons (Fsp3) is 0.333. The second-order valence-corrected chi connectivity index (χ2v) is 7.85. The van der Waals surface area contributed by atoms with Gasteiger partial charge < -0.3 is 17.0 Å². The molecule has 1 aromatic heterocycles. The highest BCUT2D eigenvalue weighted by molar-refractivity contribution is 7.89. The average Bonchev–Trinajstić information content (AvgIpc) is 2.59. The van der Waals surface area contributed by atoms with Crippen molar-refractivity contribution in [2.45, 2.75) is 19.9 Å². The van der Waals surface area contributed by atoms with E-state index < -0.39 is 15.9 Å². The largest absolute Gasteiger partial charge is 1.00 e. The molecule has 0 aliphatic heterocycles. The summed E-state index contributed by atoms with van der Waals surface area (Å²) in [5.41, 5.74) is 0.951. The van der Waals surface area contributed by atoms with Gasteiger partial charge in [0.1, 0.15) is 4.70 Å². The zero-order chi connectivity index (χ0) is 14.9. The Labute approximate surface area is 142 Å². The van der Waals surface area contributed by atoms with E-state index in [9.17, 15) is 13.2 Å². The minimum atomic E-state index is -3.50. The van der Waals surface area contributed by atoms with Crippen molar-refractivity contribution in [1.82, 2.24) is 4.72 Å². The number of benzene rings is 1. The van der Waals surface area contributed by atoms with Gasteiger partial charge in [-0.15, -0.1) is 0 Å². The van der Waals surface area contributed by atoms with Gasteiger partial charge in [0.05, 0.1) is 12.7 Å². The van der Waals surface area contributed by atoms with E-state index in [1.165, 1.54) is 0 Å². The molecule has 1 heterocycles. The summed E-state index contributed by atoms with van der Waals surface area (Å²) in [6.07, 6.45) is 1.06. The molecule has 9 heteroatoms. The van der Waals surface area contributed by atoms with Crippen LogP contribution in [0.5, 0.6) is 0 Å². The summed E-state index contributed by atoms with van der Waals surface area (Å²) in [5.74, 6) is -0.513. The Morgan fingerprint density at radius 1 is 1.43 bits per heavy atom. The van der Waals surface area contributed by atoms with Crippen LogP contribution < -0.4 is 26.3 Å². The van der Waals surface area contributed by atoms with Crippen LogP contribution in [0, 0.1) is 6.92 Å². The number of nitrogens with one attached hydrogen (secondary N) is 1. The molecule has 21 heavy (non-hydrogen) atoms. The van der Waals surface area contributed by atoms with E-state index in [0.717, 1.165) is 21.5 Å². The van der Waals surface area contributed by atoms with Gasteiger partial charge in [0, 0.05) is 18.0 Å². The number of sulfonamides is 1. The SMILES string of the molecule is Cc1sc2ccc(Cl)cc2[n+]1CCC(=O)NS(C)(=O)=O.[Br-]. The molecule has 0 bridgehead atoms. The Morgan fingerprint density at radius 3 is 2.71 bits per heavy atom. The predicted molar refractivity (Wildman–Crippen MR) is 79.4 cm³/mol. The van der Waals surface area contributed by atoms with Gasteiger partial charge in [-0.05, 0) is 12.1 Å². The molecule has 0 saturated heterocycles. The zero-order valence-electron chi connectivity index (χ0n) is 11.4. The van der Waals surface area contributed by atoms with Crippen LogP contribution in [0.3, 0.4) is 0 Å². The normalized spacial score (nSPS) is 11.2. The van der Waals surface area contributed by atoms with Crippen LogP contribution in [-0.2, 0) is 21.4 Å². The second-order valence-electron chi connectivity index (χ2n) is 4.43. The third-order valence-corrected chi connectivity index (χ3v) is 4.63. The van der Waals surface area contributed by atoms with Crippen molar-refractivity contribution < 1.29 is 34.8 Å². The molecule has 1 aromatic carbocycles. The standard InChI is InChI=1S/C12H13ClN2O3S2.BrH/c1-8-15(6-5-12(16)14-20(2,17)18)10-7-9(13)3-4-11(10)19-8;/h3-4,7H,5-6H2,1-2H3;1H. The number of thiazole rings is 1. The molecule has 2 aromatic rings. The summed E-state index contributed by atoms with van der Waals surface area (Å²) in [7, 11) is -3.50. The lowest BCUT2D eigenvalue weighted by atomic mass is 10.3. The third kappa shape index (κ3) is 4.91. The minimum Gasteiger partial charge on any atom is -1.00 e. The van der Waals surface area contributed by atoms with Gasteiger partial charge in [0.2, 0.25) is 26.5 Å². The number of carbonyl (C=O) groups is 1. The van der Waals surface area contributed by atoms with Gasteiger partial charge in [-0.3, -0.25) is 9.52 Å². The fourth-order valence-corrected chi connectivity index (χ4v) is 3.63. The molecule has 2 rings (SSSR count). The minimum absolute atomic E-state index is 0. The molecule has 0 saturated carbocycles. The number of nitrogens with zero attached hydrogens (tertiary/aromatic N) is 1. The van der Waals surface area contributed by atoms with Crippen LogP contribution in [0.25, 0.3) is 10.2 Å². The van der Waals surface area contributed by atoms with Crippen molar-refractivity contribution in [3.63, 3.8) is 0 Å². The van der Waals surface area contributed by atoms with Gasteiger partial charge >= 0.3 is 0 Å². The number of hydrogen-bond donors (Lipinski definition) is 1. The van der Waals surface area contributed by atoms with Gasteiger partial charge in [-0.1, -0.05) is 22.9 Å². The number of aryl methyl sites for hydroxylation is 2. The molecule has 0 aliphatic carbocycles. The molecule has 116 valence electrons. The third-order valence-electron chi connectivity index (χ3n) is 2.71. The first-order valence-electron chi connectivity index (χ1n) is 5.85. The fourth-order valence-electron chi connectivity index (χ4n) is 1.92. The summed E-state index contributed by atoms with van der Waals surface area (Å²) < 4.78 is 26.9. The molecule has 0 aliphatic rings. The van der Waals surface area contributed by atoms with Crippen LogP contribution in [0.1, 0.15) is 11.4 Å². The lowest BCUT2D eigenvalue weighted by Crippen LogP contribution is -3.00. The summed E-state index contributed by atoms with van der Waals surface area (Å²) in [6.45, 7) is 2.36. The molecule has 0 fully saturated rings. The van der Waals surface area contributed by atoms with Crippen molar-refractivity contribution >= 4 is 49.1 Å². The summed E-state index contributed by atoms with van der Waals surface area (Å²) in [5, 5.41) is 1.67. The predicted octanol–water partition coefficient (Wildman–Crippen LogP) is -1.38. The Balaban J connectivity index is 0.00000220. The lowest BCUT2D eigenvalue weighted by molar-refractivity contribution is -0.671.